The van der Waals surface area contributed by atoms with E-state index in [2.05, 4.69) is 15.1 Å². The van der Waals surface area contributed by atoms with E-state index in [0.717, 1.165) is 31.6 Å². The fraction of sp³-hybridized carbons (Fsp3) is 0.600. The number of amides is 2. The Morgan fingerprint density at radius 1 is 1.07 bits per heavy atom. The molecule has 1 aromatic carbocycles. The van der Waals surface area contributed by atoms with Gasteiger partial charge in [0.05, 0.1) is 0 Å². The lowest BCUT2D eigenvalue weighted by molar-refractivity contribution is -0.132. The largest absolute Gasteiger partial charge is 0.368 e. The molecule has 0 aliphatic carbocycles. The van der Waals surface area contributed by atoms with Gasteiger partial charge < -0.3 is 15.1 Å². The number of likely N-dealkylation sites (N-methyl/N-ethyl adjacent to an activating group) is 1. The van der Waals surface area contributed by atoms with Gasteiger partial charge in [-0.2, -0.15) is 0 Å². The highest BCUT2D eigenvalue weighted by Crippen LogP contribution is 2.25. The molecule has 6 nitrogen and oxygen atoms in total. The Morgan fingerprint density at radius 3 is 2.33 bits per heavy atom. The lowest BCUT2D eigenvalue weighted by Gasteiger charge is -2.37. The van der Waals surface area contributed by atoms with Crippen LogP contribution >= 0.6 is 0 Å². The monoisotopic (exact) mass is 376 g/mol. The fourth-order valence-corrected chi connectivity index (χ4v) is 4.04. The van der Waals surface area contributed by atoms with Gasteiger partial charge in [0.2, 0.25) is 11.8 Å². The minimum atomic E-state index is -0.231. The van der Waals surface area contributed by atoms with Crippen LogP contribution in [0.2, 0.25) is 0 Å². The molecule has 3 rings (SSSR count). The van der Waals surface area contributed by atoms with Crippen molar-refractivity contribution in [1.82, 2.24) is 15.1 Å². The number of likely N-dealkylation sites (tertiary alicyclic amines) is 1. The second-order valence-electron chi connectivity index (χ2n) is 7.54. The summed E-state index contributed by atoms with van der Waals surface area (Å²) in [6, 6.07) is 7.07. The van der Waals surface area contributed by atoms with Gasteiger partial charge in [-0.1, -0.05) is 0 Å². The highest BCUT2D eigenvalue weighted by molar-refractivity contribution is 5.77. The average molecular weight is 376 g/mol. The van der Waals surface area contributed by atoms with Crippen LogP contribution in [0.15, 0.2) is 24.3 Å². The van der Waals surface area contributed by atoms with Crippen molar-refractivity contribution in [3.63, 3.8) is 0 Å². The number of halogens is 1. The lowest BCUT2D eigenvalue weighted by Crippen LogP contribution is -2.50. The number of hydrogen-bond donors (Lipinski definition) is 1. The molecule has 2 atom stereocenters. The number of nitrogens with one attached hydrogen (secondary N) is 1. The zero-order valence-electron chi connectivity index (χ0n) is 16.2. The minimum Gasteiger partial charge on any atom is -0.368 e. The maximum atomic E-state index is 13.1. The van der Waals surface area contributed by atoms with E-state index in [4.69, 9.17) is 0 Å². The molecule has 0 spiro atoms. The second kappa shape index (κ2) is 8.69. The van der Waals surface area contributed by atoms with Crippen LogP contribution in [0, 0.1) is 5.82 Å². The molecule has 2 saturated heterocycles. The third-order valence-corrected chi connectivity index (χ3v) is 5.81. The topological polar surface area (TPSA) is 55.9 Å². The first-order valence-corrected chi connectivity index (χ1v) is 9.68. The Kier molecular flexibility index (Phi) is 6.31. The van der Waals surface area contributed by atoms with Crippen molar-refractivity contribution in [2.45, 2.75) is 38.3 Å². The van der Waals surface area contributed by atoms with Crippen LogP contribution in [0.25, 0.3) is 0 Å². The van der Waals surface area contributed by atoms with Crippen molar-refractivity contribution in [3.8, 4) is 0 Å². The Labute approximate surface area is 160 Å². The zero-order valence-corrected chi connectivity index (χ0v) is 16.2. The smallest absolute Gasteiger partial charge is 0.224 e. The molecule has 2 heterocycles. The molecule has 27 heavy (non-hydrogen) atoms. The number of carbonyl (C=O) groups is 2. The van der Waals surface area contributed by atoms with Gasteiger partial charge in [0.1, 0.15) is 5.82 Å². The van der Waals surface area contributed by atoms with E-state index in [9.17, 15) is 14.0 Å². The molecule has 0 saturated carbocycles. The fourth-order valence-electron chi connectivity index (χ4n) is 4.04. The third-order valence-electron chi connectivity index (χ3n) is 5.81. The first-order chi connectivity index (χ1) is 12.9. The minimum absolute atomic E-state index is 0.0121. The molecule has 2 amide bonds. The van der Waals surface area contributed by atoms with Crippen LogP contribution in [0.1, 0.15) is 26.2 Å². The number of hydrogen-bond acceptors (Lipinski definition) is 4. The summed E-state index contributed by atoms with van der Waals surface area (Å²) in [4.78, 5) is 30.2. The molecule has 2 aliphatic heterocycles. The molecule has 0 radical (unpaired) electrons. The van der Waals surface area contributed by atoms with Crippen LogP contribution in [0.4, 0.5) is 10.1 Å². The summed E-state index contributed by atoms with van der Waals surface area (Å²) in [6.07, 6.45) is 2.53. The van der Waals surface area contributed by atoms with Gasteiger partial charge in [-0.3, -0.25) is 14.5 Å². The van der Waals surface area contributed by atoms with Gasteiger partial charge in [0, 0.05) is 63.8 Å². The van der Waals surface area contributed by atoms with Crippen molar-refractivity contribution in [1.29, 1.82) is 0 Å². The van der Waals surface area contributed by atoms with Gasteiger partial charge in [-0.05, 0) is 44.2 Å². The molecule has 1 aromatic rings. The summed E-state index contributed by atoms with van der Waals surface area (Å²) in [5.74, 6) is -0.0437. The van der Waals surface area contributed by atoms with Gasteiger partial charge in [0.25, 0.3) is 0 Å². The molecule has 1 N–H and O–H groups in total. The molecular weight excluding hydrogens is 347 g/mol. The summed E-state index contributed by atoms with van der Waals surface area (Å²) >= 11 is 0. The zero-order chi connectivity index (χ0) is 19.4. The van der Waals surface area contributed by atoms with Crippen LogP contribution in [0.3, 0.4) is 0 Å². The summed E-state index contributed by atoms with van der Waals surface area (Å²) in [5.41, 5.74) is 1.000. The molecule has 0 bridgehead atoms. The maximum Gasteiger partial charge on any atom is 0.224 e. The molecular formula is C20H29FN4O2. The number of piperazine rings is 1. The van der Waals surface area contributed by atoms with E-state index in [1.165, 1.54) is 19.1 Å². The van der Waals surface area contributed by atoms with Crippen LogP contribution in [-0.2, 0) is 9.59 Å². The molecule has 2 fully saturated rings. The molecule has 0 unspecified atom stereocenters. The number of carbonyl (C=O) groups excluding carboxylic acids is 2. The average Bonchev–Trinajstić information content (AvgIpc) is 3.00. The SMILES string of the molecule is CC(=O)NC[C@H]1CC[C@@H](CC(=O)N2CCN(c3ccc(F)cc3)CC2)N1C. The lowest BCUT2D eigenvalue weighted by atomic mass is 10.1. The first kappa shape index (κ1) is 19.6. The van der Waals surface area contributed by atoms with E-state index in [-0.39, 0.29) is 23.7 Å². The molecule has 0 aromatic heterocycles. The van der Waals surface area contributed by atoms with Crippen molar-refractivity contribution >= 4 is 17.5 Å². The van der Waals surface area contributed by atoms with E-state index in [0.29, 0.717) is 32.1 Å². The highest BCUT2D eigenvalue weighted by atomic mass is 19.1. The van der Waals surface area contributed by atoms with E-state index < -0.39 is 0 Å². The van der Waals surface area contributed by atoms with Gasteiger partial charge in [-0.15, -0.1) is 0 Å². The predicted molar refractivity (Wildman–Crippen MR) is 103 cm³/mol. The van der Waals surface area contributed by atoms with Crippen molar-refractivity contribution in [2.24, 2.45) is 0 Å². The molecule has 148 valence electrons. The van der Waals surface area contributed by atoms with Crippen molar-refractivity contribution in [3.05, 3.63) is 30.1 Å². The predicted octanol–water partition coefficient (Wildman–Crippen LogP) is 1.46. The van der Waals surface area contributed by atoms with Crippen molar-refractivity contribution in [2.75, 3.05) is 44.7 Å². The van der Waals surface area contributed by atoms with E-state index in [1.807, 2.05) is 11.9 Å². The van der Waals surface area contributed by atoms with Crippen LogP contribution < -0.4 is 10.2 Å². The number of anilines is 1. The Balaban J connectivity index is 1.45. The van der Waals surface area contributed by atoms with Gasteiger partial charge in [0.15, 0.2) is 0 Å². The summed E-state index contributed by atoms with van der Waals surface area (Å²) in [7, 11) is 2.05. The standard InChI is InChI=1S/C20H29FN4O2/c1-15(26)22-14-19-8-7-18(23(19)2)13-20(27)25-11-9-24(10-12-25)17-5-3-16(21)4-6-17/h3-6,18-19H,7-14H2,1-2H3,(H,22,26)/t18-,19+/m0/s1. The number of nitrogens with zero attached hydrogens (tertiary/aromatic N) is 3. The molecule has 2 aliphatic rings. The number of benzene rings is 1. The quantitative estimate of drug-likeness (QED) is 0.846. The Morgan fingerprint density at radius 2 is 1.70 bits per heavy atom. The van der Waals surface area contributed by atoms with Gasteiger partial charge in [-0.25, -0.2) is 4.39 Å². The summed E-state index contributed by atoms with van der Waals surface area (Å²) in [5, 5.41) is 2.87. The molecule has 7 heteroatoms. The number of rotatable bonds is 5. The first-order valence-electron chi connectivity index (χ1n) is 9.68. The van der Waals surface area contributed by atoms with Crippen molar-refractivity contribution < 1.29 is 14.0 Å². The van der Waals surface area contributed by atoms with E-state index >= 15 is 0 Å². The van der Waals surface area contributed by atoms with Crippen LogP contribution in [0.5, 0.6) is 0 Å². The highest BCUT2D eigenvalue weighted by Gasteiger charge is 2.33. The normalized spacial score (nSPS) is 23.5. The summed E-state index contributed by atoms with van der Waals surface area (Å²) < 4.78 is 13.1. The van der Waals surface area contributed by atoms with Gasteiger partial charge >= 0.3 is 0 Å². The van der Waals surface area contributed by atoms with E-state index in [1.54, 1.807) is 12.1 Å². The van der Waals surface area contributed by atoms with Crippen LogP contribution in [-0.4, -0.2) is 73.5 Å². The maximum absolute atomic E-state index is 13.1. The second-order valence-corrected chi connectivity index (χ2v) is 7.54. The Bertz CT molecular complexity index is 658. The Hall–Kier alpha value is -2.15. The third kappa shape index (κ3) is 4.97. The summed E-state index contributed by atoms with van der Waals surface area (Å²) in [6.45, 7) is 5.10.